The van der Waals surface area contributed by atoms with Crippen molar-refractivity contribution in [3.05, 3.63) is 0 Å². The SMILES string of the molecule is FC1C[NH2+]CC(F)C1.[Cl-]. The maximum absolute atomic E-state index is 12.2. The highest BCUT2D eigenvalue weighted by Gasteiger charge is 2.22. The van der Waals surface area contributed by atoms with E-state index in [1.165, 1.54) is 0 Å². The summed E-state index contributed by atoms with van der Waals surface area (Å²) < 4.78 is 24.3. The molecule has 0 amide bonds. The van der Waals surface area contributed by atoms with E-state index in [0.717, 1.165) is 0 Å². The fraction of sp³-hybridized carbons (Fsp3) is 1.00. The second-order valence-electron chi connectivity index (χ2n) is 2.19. The Labute approximate surface area is 59.2 Å². The zero-order valence-electron chi connectivity index (χ0n) is 4.99. The molecule has 1 heterocycles. The molecule has 2 atom stereocenters. The second kappa shape index (κ2) is 4.01. The minimum Gasteiger partial charge on any atom is -1.00 e. The molecular weight excluding hydrogens is 148 g/mol. The van der Waals surface area contributed by atoms with Gasteiger partial charge in [-0.3, -0.25) is 0 Å². The summed E-state index contributed by atoms with van der Waals surface area (Å²) in [5.41, 5.74) is 0. The molecule has 1 aliphatic rings. The summed E-state index contributed by atoms with van der Waals surface area (Å²) in [4.78, 5) is 0. The van der Waals surface area contributed by atoms with Crippen molar-refractivity contribution in [1.82, 2.24) is 0 Å². The number of quaternary nitrogens is 1. The molecule has 0 saturated carbocycles. The van der Waals surface area contributed by atoms with E-state index in [9.17, 15) is 8.78 Å². The van der Waals surface area contributed by atoms with Gasteiger partial charge in [-0.2, -0.15) is 0 Å². The van der Waals surface area contributed by atoms with E-state index in [2.05, 4.69) is 0 Å². The molecule has 9 heavy (non-hydrogen) atoms. The Morgan fingerprint density at radius 3 is 1.78 bits per heavy atom. The smallest absolute Gasteiger partial charge is 0.152 e. The van der Waals surface area contributed by atoms with Crippen LogP contribution in [0.4, 0.5) is 8.78 Å². The normalized spacial score (nSPS) is 35.3. The summed E-state index contributed by atoms with van der Waals surface area (Å²) in [6, 6.07) is 0. The molecule has 0 bridgehead atoms. The van der Waals surface area contributed by atoms with Gasteiger partial charge in [-0.1, -0.05) is 0 Å². The lowest BCUT2D eigenvalue weighted by Crippen LogP contribution is -3.00. The van der Waals surface area contributed by atoms with Crippen LogP contribution in [-0.4, -0.2) is 25.4 Å². The molecule has 1 fully saturated rings. The van der Waals surface area contributed by atoms with Crippen molar-refractivity contribution in [3.8, 4) is 0 Å². The largest absolute Gasteiger partial charge is 1.00 e. The zero-order valence-corrected chi connectivity index (χ0v) is 5.74. The van der Waals surface area contributed by atoms with Crippen LogP contribution < -0.4 is 17.7 Å². The number of nitrogens with two attached hydrogens (primary N) is 1. The first kappa shape index (κ1) is 9.11. The van der Waals surface area contributed by atoms with Crippen LogP contribution in [0.3, 0.4) is 0 Å². The Morgan fingerprint density at radius 2 is 1.56 bits per heavy atom. The lowest BCUT2D eigenvalue weighted by molar-refractivity contribution is -0.672. The Bertz CT molecular complexity index is 73.4. The monoisotopic (exact) mass is 157 g/mol. The number of halogens is 3. The Balaban J connectivity index is 0.000000640. The molecule has 2 unspecified atom stereocenters. The highest BCUT2D eigenvalue weighted by molar-refractivity contribution is 4.64. The molecule has 4 heteroatoms. The lowest BCUT2D eigenvalue weighted by Gasteiger charge is -2.15. The van der Waals surface area contributed by atoms with Gasteiger partial charge >= 0.3 is 0 Å². The van der Waals surface area contributed by atoms with E-state index < -0.39 is 12.3 Å². The summed E-state index contributed by atoms with van der Waals surface area (Å²) in [6.07, 6.45) is -1.73. The van der Waals surface area contributed by atoms with Crippen LogP contribution in [0.5, 0.6) is 0 Å². The number of hydrogen-bond donors (Lipinski definition) is 1. The lowest BCUT2D eigenvalue weighted by atomic mass is 10.1. The van der Waals surface area contributed by atoms with E-state index in [1.807, 2.05) is 0 Å². The van der Waals surface area contributed by atoms with Gasteiger partial charge in [0.1, 0.15) is 13.1 Å². The molecule has 0 spiro atoms. The summed E-state index contributed by atoms with van der Waals surface area (Å²) in [5.74, 6) is 0. The first-order chi connectivity index (χ1) is 3.79. The van der Waals surface area contributed by atoms with Crippen LogP contribution in [0.2, 0.25) is 0 Å². The van der Waals surface area contributed by atoms with Crippen LogP contribution in [0.15, 0.2) is 0 Å². The average molecular weight is 158 g/mol. The third kappa shape index (κ3) is 2.96. The molecule has 0 radical (unpaired) electrons. The van der Waals surface area contributed by atoms with Crippen molar-refractivity contribution in [2.45, 2.75) is 18.8 Å². The fourth-order valence-electron chi connectivity index (χ4n) is 0.928. The Kier molecular flexibility index (Phi) is 4.06. The number of hydrogen-bond acceptors (Lipinski definition) is 0. The predicted octanol–water partition coefficient (Wildman–Crippen LogP) is -3.37. The van der Waals surface area contributed by atoms with Crippen molar-refractivity contribution in [1.29, 1.82) is 0 Å². The van der Waals surface area contributed by atoms with Crippen molar-refractivity contribution >= 4 is 0 Å². The zero-order chi connectivity index (χ0) is 5.98. The van der Waals surface area contributed by atoms with Crippen molar-refractivity contribution in [2.24, 2.45) is 0 Å². The van der Waals surface area contributed by atoms with Crippen LogP contribution in [0, 0.1) is 0 Å². The quantitative estimate of drug-likeness (QED) is 0.378. The Morgan fingerprint density at radius 1 is 1.11 bits per heavy atom. The first-order valence-corrected chi connectivity index (χ1v) is 2.89. The van der Waals surface area contributed by atoms with Crippen molar-refractivity contribution in [3.63, 3.8) is 0 Å². The molecule has 1 aliphatic heterocycles. The minimum absolute atomic E-state index is 0. The average Bonchev–Trinajstić information content (AvgIpc) is 1.64. The van der Waals surface area contributed by atoms with Gasteiger partial charge in [0.15, 0.2) is 12.3 Å². The third-order valence-electron chi connectivity index (χ3n) is 1.36. The van der Waals surface area contributed by atoms with Gasteiger partial charge in [0.25, 0.3) is 0 Å². The van der Waals surface area contributed by atoms with Gasteiger partial charge in [-0.15, -0.1) is 0 Å². The molecule has 1 rings (SSSR count). The van der Waals surface area contributed by atoms with E-state index in [-0.39, 0.29) is 18.8 Å². The molecular formula is C5H10ClF2N. The Hall–Kier alpha value is 0.110. The number of piperidine rings is 1. The van der Waals surface area contributed by atoms with Crippen LogP contribution in [-0.2, 0) is 0 Å². The molecule has 2 N–H and O–H groups in total. The molecule has 0 aromatic heterocycles. The summed E-state index contributed by atoms with van der Waals surface area (Å²) in [6.45, 7) is 0.890. The highest BCUT2D eigenvalue weighted by atomic mass is 35.5. The van der Waals surface area contributed by atoms with Crippen LogP contribution in [0.25, 0.3) is 0 Å². The van der Waals surface area contributed by atoms with Crippen LogP contribution >= 0.6 is 0 Å². The van der Waals surface area contributed by atoms with Gasteiger partial charge in [-0.25, -0.2) is 8.78 Å². The van der Waals surface area contributed by atoms with Crippen molar-refractivity contribution < 1.29 is 26.5 Å². The van der Waals surface area contributed by atoms with E-state index in [1.54, 1.807) is 5.32 Å². The van der Waals surface area contributed by atoms with Crippen LogP contribution in [0.1, 0.15) is 6.42 Å². The molecule has 1 saturated heterocycles. The number of alkyl halides is 2. The summed E-state index contributed by atoms with van der Waals surface area (Å²) >= 11 is 0. The third-order valence-corrected chi connectivity index (χ3v) is 1.36. The van der Waals surface area contributed by atoms with Gasteiger partial charge in [0.05, 0.1) is 0 Å². The molecule has 56 valence electrons. The maximum atomic E-state index is 12.2. The van der Waals surface area contributed by atoms with Gasteiger partial charge in [-0.05, 0) is 0 Å². The molecule has 0 aliphatic carbocycles. The predicted molar refractivity (Wildman–Crippen MR) is 26.1 cm³/mol. The van der Waals surface area contributed by atoms with Gasteiger partial charge in [0.2, 0.25) is 0 Å². The standard InChI is InChI=1S/C5H9F2N.ClH/c6-4-1-5(7)3-8-2-4;/h4-5,8H,1-3H2;1H. The van der Waals surface area contributed by atoms with Gasteiger partial charge in [0, 0.05) is 6.42 Å². The summed E-state index contributed by atoms with van der Waals surface area (Å²) in [7, 11) is 0. The topological polar surface area (TPSA) is 16.6 Å². The molecule has 0 aromatic carbocycles. The fourth-order valence-corrected chi connectivity index (χ4v) is 0.928. The highest BCUT2D eigenvalue weighted by Crippen LogP contribution is 2.04. The second-order valence-corrected chi connectivity index (χ2v) is 2.19. The van der Waals surface area contributed by atoms with E-state index in [4.69, 9.17) is 0 Å². The summed E-state index contributed by atoms with van der Waals surface area (Å²) in [5, 5.41) is 1.68. The molecule has 0 aromatic rings. The van der Waals surface area contributed by atoms with E-state index in [0.29, 0.717) is 13.1 Å². The van der Waals surface area contributed by atoms with Gasteiger partial charge < -0.3 is 17.7 Å². The molecule has 1 nitrogen and oxygen atoms in total. The first-order valence-electron chi connectivity index (χ1n) is 2.89. The van der Waals surface area contributed by atoms with Crippen molar-refractivity contribution in [2.75, 3.05) is 13.1 Å². The van der Waals surface area contributed by atoms with E-state index >= 15 is 0 Å². The maximum Gasteiger partial charge on any atom is 0.152 e. The number of rotatable bonds is 0. The minimum atomic E-state index is -0.918.